The first-order chi connectivity index (χ1) is 12.6. The summed E-state index contributed by atoms with van der Waals surface area (Å²) < 4.78 is 0. The van der Waals surface area contributed by atoms with E-state index < -0.39 is 73.1 Å². The van der Waals surface area contributed by atoms with Gasteiger partial charge in [0.25, 0.3) is 0 Å². The average molecular weight is 550 g/mol. The first kappa shape index (κ1) is 60.9. The molecule has 0 aliphatic carbocycles. The molecule has 0 aromatic heterocycles. The minimum Gasteiger partial charge on any atom is -0.550 e. The van der Waals surface area contributed by atoms with Crippen LogP contribution in [0.2, 0.25) is 0 Å². The molecule has 0 amide bonds. The maximum Gasteiger partial charge on any atom is 1.00 e. The molecule has 0 spiro atoms. The van der Waals surface area contributed by atoms with E-state index in [1.54, 1.807) is 0 Å². The molecule has 34 heavy (non-hydrogen) atoms. The molecule has 4 atom stereocenters. The van der Waals surface area contributed by atoms with Gasteiger partial charge in [0.2, 0.25) is 0 Å². The largest absolute Gasteiger partial charge is 1.00 e. The summed E-state index contributed by atoms with van der Waals surface area (Å²) in [5.74, 6) is -11.0. The average Bonchev–Trinajstić information content (AvgIpc) is 2.57. The third kappa shape index (κ3) is 39.2. The molecule has 0 aliphatic heterocycles. The van der Waals surface area contributed by atoms with Gasteiger partial charge in [0.15, 0.2) is 0 Å². The molecule has 0 rings (SSSR count). The Morgan fingerprint density at radius 1 is 0.412 bits per heavy atom. The summed E-state index contributed by atoms with van der Waals surface area (Å²) >= 11 is 0. The number of hydrogen-bond acceptors (Lipinski definition) is 16. The summed E-state index contributed by atoms with van der Waals surface area (Å²) in [6.07, 6.45) is -10.7. The van der Waals surface area contributed by atoms with Gasteiger partial charge < -0.3 is 79.8 Å². The van der Waals surface area contributed by atoms with Crippen LogP contribution in [-0.4, -0.2) is 80.7 Å². The Morgan fingerprint density at radius 3 is 0.588 bits per heavy atom. The molecule has 0 radical (unpaired) electrons. The Morgan fingerprint density at radius 2 is 0.529 bits per heavy atom. The molecule has 0 aromatic rings. The third-order valence-electron chi connectivity index (χ3n) is 2.10. The summed E-state index contributed by atoms with van der Waals surface area (Å²) in [5, 5.41) is 90.5. The van der Waals surface area contributed by atoms with Crippen LogP contribution in [0, 0.1) is 0 Å². The fourth-order valence-electron chi connectivity index (χ4n) is 0.720. The normalized spacial score (nSPS) is 11.3. The fourth-order valence-corrected chi connectivity index (χ4v) is 0.720. The number of hydrogen-bond donors (Lipinski definition) is 4. The SMILES string of the molecule is O=C([O-])C(O)C(O)C(=O)[O-].O=C([O-])C(O)C(O)C(=O)[O-].O=C([O-])CCC(=O)[O-].[Na+].[Na+].[Na+].[Na+].[Na+].[Na+]. The van der Waals surface area contributed by atoms with Gasteiger partial charge in [-0.15, -0.1) is 0 Å². The van der Waals surface area contributed by atoms with Crippen LogP contribution in [0.15, 0.2) is 0 Å². The Bertz CT molecular complexity index is 505. The van der Waals surface area contributed by atoms with Crippen molar-refractivity contribution in [3.05, 3.63) is 0 Å². The predicted molar refractivity (Wildman–Crippen MR) is 63.3 cm³/mol. The number of aliphatic carboxylic acids is 6. The molecule has 0 aromatic carbocycles. The van der Waals surface area contributed by atoms with Gasteiger partial charge in [-0.2, -0.15) is 0 Å². The van der Waals surface area contributed by atoms with E-state index in [1.807, 2.05) is 0 Å². The summed E-state index contributed by atoms with van der Waals surface area (Å²) in [5.41, 5.74) is 0. The molecule has 0 bridgehead atoms. The standard InChI is InChI=1S/2C4H6O6.C4H6O4.6Na/c2*5-1(3(7)8)2(6)4(9)10;5-3(6)1-2-4(7)8;;;;;;/h2*1-2,5-6H,(H,7,8)(H,9,10);1-2H2,(H,5,6)(H,7,8);;;;;;/q;;;6*+1/p-6. The molecule has 0 fully saturated rings. The van der Waals surface area contributed by atoms with E-state index in [0.717, 1.165) is 0 Å². The van der Waals surface area contributed by atoms with Crippen molar-refractivity contribution < 1.29 is 257 Å². The molecule has 4 N–H and O–H groups in total. The minimum absolute atomic E-state index is 0. The van der Waals surface area contributed by atoms with Crippen LogP contribution in [0.5, 0.6) is 0 Å². The maximum absolute atomic E-state index is 9.63. The molecular weight excluding hydrogens is 538 g/mol. The third-order valence-corrected chi connectivity index (χ3v) is 2.10. The van der Waals surface area contributed by atoms with Crippen molar-refractivity contribution in [2.45, 2.75) is 37.3 Å². The first-order valence-corrected chi connectivity index (χ1v) is 6.51. The van der Waals surface area contributed by atoms with Crippen molar-refractivity contribution in [1.29, 1.82) is 0 Å². The summed E-state index contributed by atoms with van der Waals surface area (Å²) in [6.45, 7) is 0. The molecule has 4 unspecified atom stereocenters. The number of carbonyl (C=O) groups is 6. The van der Waals surface area contributed by atoms with E-state index >= 15 is 0 Å². The van der Waals surface area contributed by atoms with Gasteiger partial charge in [0, 0.05) is 11.9 Å². The zero-order chi connectivity index (χ0) is 23.2. The van der Waals surface area contributed by atoms with Crippen LogP contribution in [0.3, 0.4) is 0 Å². The number of carboxylic acid groups (broad SMARTS) is 6. The monoisotopic (exact) mass is 550 g/mol. The van der Waals surface area contributed by atoms with E-state index in [9.17, 15) is 59.4 Å². The number of rotatable bonds is 9. The van der Waals surface area contributed by atoms with Gasteiger partial charge in [-0.1, -0.05) is 0 Å². The molecule has 0 saturated carbocycles. The van der Waals surface area contributed by atoms with Crippen molar-refractivity contribution in [2.24, 2.45) is 0 Å². The van der Waals surface area contributed by atoms with Crippen molar-refractivity contribution in [3.63, 3.8) is 0 Å². The van der Waals surface area contributed by atoms with Gasteiger partial charge >= 0.3 is 177 Å². The van der Waals surface area contributed by atoms with Gasteiger partial charge in [-0.25, -0.2) is 0 Å². The molecular formula is C12H12Na6O16. The van der Waals surface area contributed by atoms with Crippen molar-refractivity contribution in [3.8, 4) is 0 Å². The van der Waals surface area contributed by atoms with Crippen molar-refractivity contribution in [1.82, 2.24) is 0 Å². The molecule has 0 heterocycles. The van der Waals surface area contributed by atoms with Crippen LogP contribution in [0.1, 0.15) is 12.8 Å². The van der Waals surface area contributed by atoms with Gasteiger partial charge in [-0.05, 0) is 12.8 Å². The molecule has 0 aliphatic rings. The summed E-state index contributed by atoms with van der Waals surface area (Å²) in [4.78, 5) is 57.5. The molecule has 16 nitrogen and oxygen atoms in total. The fraction of sp³-hybridized carbons (Fsp3) is 0.500. The zero-order valence-corrected chi connectivity index (χ0v) is 31.4. The number of aliphatic hydroxyl groups is 4. The second-order valence-corrected chi connectivity index (χ2v) is 4.30. The Labute approximate surface area is 324 Å². The first-order valence-electron chi connectivity index (χ1n) is 6.51. The zero-order valence-electron chi connectivity index (χ0n) is 19.4. The number of carbonyl (C=O) groups excluding carboxylic acids is 6. The van der Waals surface area contributed by atoms with E-state index in [2.05, 4.69) is 0 Å². The number of aliphatic hydroxyl groups excluding tert-OH is 4. The Kier molecular flexibility index (Phi) is 63.9. The smallest absolute Gasteiger partial charge is 0.550 e. The molecule has 162 valence electrons. The van der Waals surface area contributed by atoms with Crippen LogP contribution in [0.25, 0.3) is 0 Å². The van der Waals surface area contributed by atoms with E-state index in [-0.39, 0.29) is 177 Å². The second kappa shape index (κ2) is 35.7. The quantitative estimate of drug-likeness (QED) is 0.194. The minimum atomic E-state index is -2.44. The van der Waals surface area contributed by atoms with E-state index in [1.165, 1.54) is 0 Å². The number of carboxylic acids is 6. The van der Waals surface area contributed by atoms with Gasteiger partial charge in [0.1, 0.15) is 24.4 Å². The van der Waals surface area contributed by atoms with Crippen LogP contribution >= 0.6 is 0 Å². The van der Waals surface area contributed by atoms with Gasteiger partial charge in [0.05, 0.1) is 23.9 Å². The predicted octanol–water partition coefficient (Wildman–Crippen LogP) is -30.3. The Hall–Kier alpha value is 2.66. The van der Waals surface area contributed by atoms with E-state index in [0.29, 0.717) is 0 Å². The van der Waals surface area contributed by atoms with Crippen molar-refractivity contribution >= 4 is 35.8 Å². The maximum atomic E-state index is 9.63. The van der Waals surface area contributed by atoms with Gasteiger partial charge in [-0.3, -0.25) is 0 Å². The van der Waals surface area contributed by atoms with Crippen LogP contribution in [0.4, 0.5) is 0 Å². The Balaban J connectivity index is -0.0000000364. The van der Waals surface area contributed by atoms with Crippen LogP contribution < -0.4 is 208 Å². The second-order valence-electron chi connectivity index (χ2n) is 4.30. The molecule has 22 heteroatoms. The van der Waals surface area contributed by atoms with Crippen LogP contribution in [-0.2, 0) is 28.8 Å². The summed E-state index contributed by atoms with van der Waals surface area (Å²) in [6, 6.07) is 0. The van der Waals surface area contributed by atoms with E-state index in [4.69, 9.17) is 20.4 Å². The topological polar surface area (TPSA) is 322 Å². The summed E-state index contributed by atoms with van der Waals surface area (Å²) in [7, 11) is 0. The van der Waals surface area contributed by atoms with Crippen molar-refractivity contribution in [2.75, 3.05) is 0 Å². The molecule has 0 saturated heterocycles.